The van der Waals surface area contributed by atoms with Gasteiger partial charge in [-0.2, -0.15) is 5.10 Å². The maximum atomic E-state index is 12.5. The van der Waals surface area contributed by atoms with Crippen molar-refractivity contribution in [3.05, 3.63) is 59.7 Å². The molecule has 154 valence electrons. The van der Waals surface area contributed by atoms with Crippen LogP contribution in [0.5, 0.6) is 11.5 Å². The van der Waals surface area contributed by atoms with Crippen molar-refractivity contribution < 1.29 is 14.3 Å². The lowest BCUT2D eigenvalue weighted by Gasteiger charge is -2.18. The van der Waals surface area contributed by atoms with Crippen LogP contribution >= 0.6 is 0 Å². The number of benzene rings is 2. The van der Waals surface area contributed by atoms with Gasteiger partial charge < -0.3 is 9.47 Å². The quantitative estimate of drug-likeness (QED) is 0.472. The first-order valence-corrected chi connectivity index (χ1v) is 9.92. The van der Waals surface area contributed by atoms with Crippen LogP contribution in [0, 0.1) is 5.92 Å². The molecule has 2 aromatic carbocycles. The average Bonchev–Trinajstić information content (AvgIpc) is 3.12. The van der Waals surface area contributed by atoms with Gasteiger partial charge in [0.05, 0.1) is 25.5 Å². The van der Waals surface area contributed by atoms with Gasteiger partial charge in [-0.3, -0.25) is 4.79 Å². The Labute approximate surface area is 171 Å². The number of rotatable bonds is 8. The zero-order valence-corrected chi connectivity index (χ0v) is 17.0. The van der Waals surface area contributed by atoms with Crippen molar-refractivity contribution in [2.75, 3.05) is 13.2 Å². The van der Waals surface area contributed by atoms with Crippen LogP contribution in [0.4, 0.5) is 0 Å². The molecule has 1 fully saturated rings. The zero-order chi connectivity index (χ0) is 20.6. The van der Waals surface area contributed by atoms with Crippen molar-refractivity contribution in [3.63, 3.8) is 0 Å². The Morgan fingerprint density at radius 2 is 1.59 bits per heavy atom. The van der Waals surface area contributed by atoms with Crippen LogP contribution in [-0.4, -0.2) is 31.4 Å². The normalized spacial score (nSPS) is 21.3. The molecule has 7 nitrogen and oxygen atoms in total. The standard InChI is InChI=1S/C22H28N4O3/c1-4-28-18-10-6-16(7-11-18)14-23-26-22(27)21-15(3)20(24-25-21)17-8-12-19(13-9-17)29-5-2/h6-15,20-21,24-25H,4-5H2,1-3H3,(H,26,27)/b23-14+. The summed E-state index contributed by atoms with van der Waals surface area (Å²) in [6, 6.07) is 15.1. The Morgan fingerprint density at radius 3 is 2.17 bits per heavy atom. The van der Waals surface area contributed by atoms with Gasteiger partial charge in [-0.1, -0.05) is 19.1 Å². The number of carbonyl (C=O) groups is 1. The Morgan fingerprint density at radius 1 is 1.00 bits per heavy atom. The summed E-state index contributed by atoms with van der Waals surface area (Å²) in [5.74, 6) is 1.52. The Bertz CT molecular complexity index is 821. The van der Waals surface area contributed by atoms with E-state index in [-0.39, 0.29) is 23.9 Å². The molecule has 3 unspecified atom stereocenters. The predicted octanol–water partition coefficient (Wildman–Crippen LogP) is 2.79. The molecule has 7 heteroatoms. The molecule has 1 aliphatic rings. The molecule has 1 saturated heterocycles. The lowest BCUT2D eigenvalue weighted by Crippen LogP contribution is -2.43. The molecule has 0 bridgehead atoms. The Hall–Kier alpha value is -2.90. The summed E-state index contributed by atoms with van der Waals surface area (Å²) < 4.78 is 10.9. The molecule has 3 N–H and O–H groups in total. The minimum absolute atomic E-state index is 0.0246. The van der Waals surface area contributed by atoms with Crippen LogP contribution in [0.25, 0.3) is 0 Å². The predicted molar refractivity (Wildman–Crippen MR) is 113 cm³/mol. The minimum atomic E-state index is -0.385. The average molecular weight is 396 g/mol. The van der Waals surface area contributed by atoms with E-state index in [2.05, 4.69) is 21.4 Å². The molecule has 0 aromatic heterocycles. The van der Waals surface area contributed by atoms with Crippen molar-refractivity contribution in [1.82, 2.24) is 16.3 Å². The van der Waals surface area contributed by atoms with E-state index in [1.54, 1.807) is 6.21 Å². The van der Waals surface area contributed by atoms with E-state index in [0.29, 0.717) is 13.2 Å². The molecule has 1 aliphatic heterocycles. The second kappa shape index (κ2) is 10.0. The number of hydrogen-bond acceptors (Lipinski definition) is 6. The van der Waals surface area contributed by atoms with Crippen LogP contribution < -0.4 is 25.8 Å². The third-order valence-corrected chi connectivity index (χ3v) is 4.86. The SMILES string of the molecule is CCOc1ccc(/C=N/NC(=O)C2NNC(c3ccc(OCC)cc3)C2C)cc1. The fourth-order valence-corrected chi connectivity index (χ4v) is 3.32. The van der Waals surface area contributed by atoms with Crippen molar-refractivity contribution in [2.24, 2.45) is 11.0 Å². The van der Waals surface area contributed by atoms with Gasteiger partial charge >= 0.3 is 0 Å². The van der Waals surface area contributed by atoms with E-state index < -0.39 is 0 Å². The summed E-state index contributed by atoms with van der Waals surface area (Å²) >= 11 is 0. The molecule has 1 amide bonds. The summed E-state index contributed by atoms with van der Waals surface area (Å²) in [6.07, 6.45) is 1.62. The fraction of sp³-hybridized carbons (Fsp3) is 0.364. The highest BCUT2D eigenvalue weighted by molar-refractivity contribution is 5.85. The number of carbonyl (C=O) groups excluding carboxylic acids is 1. The van der Waals surface area contributed by atoms with Crippen molar-refractivity contribution in [2.45, 2.75) is 32.9 Å². The molecule has 0 saturated carbocycles. The number of amides is 1. The third kappa shape index (κ3) is 5.34. The molecule has 0 aliphatic carbocycles. The molecule has 1 heterocycles. The highest BCUT2D eigenvalue weighted by atomic mass is 16.5. The number of ether oxygens (including phenoxy) is 2. The molecular formula is C22H28N4O3. The van der Waals surface area contributed by atoms with Crippen LogP contribution in [0.3, 0.4) is 0 Å². The largest absolute Gasteiger partial charge is 0.494 e. The van der Waals surface area contributed by atoms with Crippen LogP contribution in [-0.2, 0) is 4.79 Å². The molecule has 0 spiro atoms. The van der Waals surface area contributed by atoms with Crippen LogP contribution in [0.15, 0.2) is 53.6 Å². The third-order valence-electron chi connectivity index (χ3n) is 4.86. The first-order valence-electron chi connectivity index (χ1n) is 9.92. The smallest absolute Gasteiger partial charge is 0.258 e. The fourth-order valence-electron chi connectivity index (χ4n) is 3.32. The van der Waals surface area contributed by atoms with Gasteiger partial charge in [0.2, 0.25) is 0 Å². The van der Waals surface area contributed by atoms with E-state index in [9.17, 15) is 4.79 Å². The van der Waals surface area contributed by atoms with E-state index in [1.165, 1.54) is 0 Å². The topological polar surface area (TPSA) is 84.0 Å². The summed E-state index contributed by atoms with van der Waals surface area (Å²) in [5.41, 5.74) is 10.9. The highest BCUT2D eigenvalue weighted by Gasteiger charge is 2.37. The minimum Gasteiger partial charge on any atom is -0.494 e. The molecule has 3 atom stereocenters. The first-order chi connectivity index (χ1) is 14.1. The van der Waals surface area contributed by atoms with Gasteiger partial charge in [0.15, 0.2) is 0 Å². The first kappa shape index (κ1) is 20.8. The van der Waals surface area contributed by atoms with Crippen LogP contribution in [0.1, 0.15) is 37.9 Å². The summed E-state index contributed by atoms with van der Waals surface area (Å²) in [5, 5.41) is 4.08. The maximum Gasteiger partial charge on any atom is 0.258 e. The van der Waals surface area contributed by atoms with Gasteiger partial charge in [-0.05, 0) is 61.4 Å². The van der Waals surface area contributed by atoms with E-state index in [4.69, 9.17) is 9.47 Å². The second-order valence-electron chi connectivity index (χ2n) is 6.84. The Balaban J connectivity index is 1.54. The summed E-state index contributed by atoms with van der Waals surface area (Å²) in [6.45, 7) is 7.20. The van der Waals surface area contributed by atoms with Crippen molar-refractivity contribution >= 4 is 12.1 Å². The number of hydrazone groups is 1. The zero-order valence-electron chi connectivity index (χ0n) is 17.0. The second-order valence-corrected chi connectivity index (χ2v) is 6.84. The van der Waals surface area contributed by atoms with Gasteiger partial charge in [0, 0.05) is 5.92 Å². The van der Waals surface area contributed by atoms with Crippen molar-refractivity contribution in [1.29, 1.82) is 0 Å². The van der Waals surface area contributed by atoms with Gasteiger partial charge in [-0.25, -0.2) is 16.3 Å². The Kier molecular flexibility index (Phi) is 7.21. The molecule has 2 aromatic rings. The van der Waals surface area contributed by atoms with E-state index >= 15 is 0 Å². The lowest BCUT2D eigenvalue weighted by atomic mass is 9.91. The maximum absolute atomic E-state index is 12.5. The van der Waals surface area contributed by atoms with Crippen LogP contribution in [0.2, 0.25) is 0 Å². The summed E-state index contributed by atoms with van der Waals surface area (Å²) in [4.78, 5) is 12.5. The lowest BCUT2D eigenvalue weighted by molar-refractivity contribution is -0.123. The monoisotopic (exact) mass is 396 g/mol. The molecule has 3 rings (SSSR count). The van der Waals surface area contributed by atoms with Gasteiger partial charge in [0.25, 0.3) is 5.91 Å². The number of hydrazine groups is 1. The van der Waals surface area contributed by atoms with Gasteiger partial charge in [0.1, 0.15) is 17.5 Å². The van der Waals surface area contributed by atoms with E-state index in [1.807, 2.05) is 69.3 Å². The number of hydrogen-bond donors (Lipinski definition) is 3. The molecule has 29 heavy (non-hydrogen) atoms. The van der Waals surface area contributed by atoms with E-state index in [0.717, 1.165) is 22.6 Å². The van der Waals surface area contributed by atoms with Crippen molar-refractivity contribution in [3.8, 4) is 11.5 Å². The molecule has 0 radical (unpaired) electrons. The molecular weight excluding hydrogens is 368 g/mol. The highest BCUT2D eigenvalue weighted by Crippen LogP contribution is 2.29. The summed E-state index contributed by atoms with van der Waals surface area (Å²) in [7, 11) is 0. The number of nitrogens with zero attached hydrogens (tertiary/aromatic N) is 1. The van der Waals surface area contributed by atoms with Gasteiger partial charge in [-0.15, -0.1) is 0 Å². The number of nitrogens with one attached hydrogen (secondary N) is 3.